The first-order valence-corrected chi connectivity index (χ1v) is 11.2. The zero-order valence-corrected chi connectivity index (χ0v) is 17.9. The van der Waals surface area contributed by atoms with Gasteiger partial charge in [-0.15, -0.1) is 11.8 Å². The Kier molecular flexibility index (Phi) is 6.52. The molecule has 1 atom stereocenters. The Labute approximate surface area is 175 Å². The van der Waals surface area contributed by atoms with Gasteiger partial charge in [0.15, 0.2) is 0 Å². The first-order chi connectivity index (χ1) is 14.1. The minimum absolute atomic E-state index is 0.0659. The zero-order chi connectivity index (χ0) is 20.2. The fourth-order valence-electron chi connectivity index (χ4n) is 3.90. The summed E-state index contributed by atoms with van der Waals surface area (Å²) in [5.41, 5.74) is 2.64. The molecule has 8 heteroatoms. The second-order valence-corrected chi connectivity index (χ2v) is 8.64. The highest BCUT2D eigenvalue weighted by Crippen LogP contribution is 2.28. The van der Waals surface area contributed by atoms with Crippen LogP contribution < -0.4 is 0 Å². The van der Waals surface area contributed by atoms with Crippen molar-refractivity contribution < 1.29 is 14.1 Å². The predicted molar refractivity (Wildman–Crippen MR) is 111 cm³/mol. The average Bonchev–Trinajstić information content (AvgIpc) is 3.36. The molecule has 4 rings (SSSR count). The number of thioether (sulfide) groups is 1. The third-order valence-electron chi connectivity index (χ3n) is 5.68. The fourth-order valence-corrected chi connectivity index (χ4v) is 5.04. The molecule has 156 valence electrons. The van der Waals surface area contributed by atoms with Gasteiger partial charge >= 0.3 is 0 Å². The lowest BCUT2D eigenvalue weighted by atomic mass is 10.2. The molecular formula is C21H28N4O3S. The minimum atomic E-state index is 0.0659. The van der Waals surface area contributed by atoms with E-state index in [1.165, 1.54) is 6.42 Å². The van der Waals surface area contributed by atoms with Gasteiger partial charge in [-0.1, -0.05) is 5.16 Å². The number of pyridine rings is 1. The monoisotopic (exact) mass is 416 g/mol. The van der Waals surface area contributed by atoms with Gasteiger partial charge in [-0.3, -0.25) is 9.69 Å². The molecule has 2 aliphatic rings. The molecule has 1 amide bonds. The van der Waals surface area contributed by atoms with Crippen molar-refractivity contribution in [2.75, 3.05) is 39.3 Å². The van der Waals surface area contributed by atoms with Crippen LogP contribution in [0, 0.1) is 13.8 Å². The Balaban J connectivity index is 1.36. The molecule has 7 nitrogen and oxygen atoms in total. The third-order valence-corrected chi connectivity index (χ3v) is 6.71. The van der Waals surface area contributed by atoms with Gasteiger partial charge in [0.05, 0.1) is 17.4 Å². The van der Waals surface area contributed by atoms with Gasteiger partial charge in [-0.25, -0.2) is 4.98 Å². The van der Waals surface area contributed by atoms with E-state index >= 15 is 0 Å². The summed E-state index contributed by atoms with van der Waals surface area (Å²) >= 11 is 1.56. The largest absolute Gasteiger partial charge is 0.377 e. The lowest BCUT2D eigenvalue weighted by molar-refractivity contribution is 0.0430. The number of ether oxygens (including phenoxy) is 1. The highest BCUT2D eigenvalue weighted by Gasteiger charge is 2.27. The Morgan fingerprint density at radius 3 is 2.79 bits per heavy atom. The maximum Gasteiger partial charge on any atom is 0.256 e. The molecule has 0 aromatic carbocycles. The van der Waals surface area contributed by atoms with Crippen LogP contribution in [0.15, 0.2) is 27.9 Å². The van der Waals surface area contributed by atoms with Crippen LogP contribution in [0.2, 0.25) is 0 Å². The second-order valence-electron chi connectivity index (χ2n) is 7.68. The summed E-state index contributed by atoms with van der Waals surface area (Å²) in [6, 6.07) is 3.71. The molecule has 2 aromatic rings. The molecule has 2 saturated heterocycles. The molecule has 0 spiro atoms. The molecule has 0 saturated carbocycles. The Bertz CT molecular complexity index is 823. The molecule has 0 N–H and O–H groups in total. The normalized spacial score (nSPS) is 20.3. The highest BCUT2D eigenvalue weighted by molar-refractivity contribution is 7.98. The summed E-state index contributed by atoms with van der Waals surface area (Å²) in [6.45, 7) is 9.00. The summed E-state index contributed by atoms with van der Waals surface area (Å²) in [6.07, 6.45) is 4.42. The van der Waals surface area contributed by atoms with Gasteiger partial charge in [0.2, 0.25) is 0 Å². The van der Waals surface area contributed by atoms with Crippen LogP contribution in [-0.4, -0.2) is 71.3 Å². The summed E-state index contributed by atoms with van der Waals surface area (Å²) in [7, 11) is 0. The smallest absolute Gasteiger partial charge is 0.256 e. The number of hydrogen-bond acceptors (Lipinski definition) is 7. The molecule has 2 fully saturated rings. The van der Waals surface area contributed by atoms with Gasteiger partial charge < -0.3 is 14.2 Å². The predicted octanol–water partition coefficient (Wildman–Crippen LogP) is 2.92. The minimum Gasteiger partial charge on any atom is -0.377 e. The van der Waals surface area contributed by atoms with Gasteiger partial charge in [0.25, 0.3) is 5.91 Å². The number of hydrogen-bond donors (Lipinski definition) is 0. The summed E-state index contributed by atoms with van der Waals surface area (Å²) < 4.78 is 11.0. The average molecular weight is 417 g/mol. The molecule has 0 bridgehead atoms. The lowest BCUT2D eigenvalue weighted by Gasteiger charge is -2.35. The van der Waals surface area contributed by atoms with Gasteiger partial charge in [-0.2, -0.15) is 0 Å². The van der Waals surface area contributed by atoms with Crippen LogP contribution in [0.5, 0.6) is 0 Å². The number of aromatic nitrogens is 2. The summed E-state index contributed by atoms with van der Waals surface area (Å²) in [4.78, 5) is 22.0. The second kappa shape index (κ2) is 9.28. The van der Waals surface area contributed by atoms with E-state index in [1.54, 1.807) is 18.0 Å². The van der Waals surface area contributed by atoms with Crippen molar-refractivity contribution in [2.45, 2.75) is 43.6 Å². The Morgan fingerprint density at radius 1 is 1.28 bits per heavy atom. The third kappa shape index (κ3) is 4.82. The first-order valence-electron chi connectivity index (χ1n) is 10.2. The maximum atomic E-state index is 13.2. The molecule has 2 aromatic heterocycles. The number of aryl methyl sites for hydroxylation is 2. The number of piperazine rings is 1. The highest BCUT2D eigenvalue weighted by atomic mass is 32.2. The van der Waals surface area contributed by atoms with E-state index in [0.717, 1.165) is 67.8 Å². The van der Waals surface area contributed by atoms with Crippen molar-refractivity contribution >= 4 is 17.7 Å². The lowest BCUT2D eigenvalue weighted by Crippen LogP contribution is -2.50. The van der Waals surface area contributed by atoms with Crippen molar-refractivity contribution in [3.63, 3.8) is 0 Å². The zero-order valence-electron chi connectivity index (χ0n) is 17.1. The molecule has 0 radical (unpaired) electrons. The van der Waals surface area contributed by atoms with Crippen molar-refractivity contribution in [3.8, 4) is 0 Å². The van der Waals surface area contributed by atoms with E-state index in [1.807, 2.05) is 30.9 Å². The maximum absolute atomic E-state index is 13.2. The molecule has 4 heterocycles. The summed E-state index contributed by atoms with van der Waals surface area (Å²) in [5, 5.41) is 4.77. The van der Waals surface area contributed by atoms with Gasteiger partial charge in [0, 0.05) is 56.8 Å². The molecular weight excluding hydrogens is 388 g/mol. The number of carbonyl (C=O) groups excluding carboxylic acids is 1. The van der Waals surface area contributed by atoms with Crippen molar-refractivity contribution in [1.29, 1.82) is 0 Å². The fraction of sp³-hybridized carbons (Fsp3) is 0.571. The van der Waals surface area contributed by atoms with Gasteiger partial charge in [0.1, 0.15) is 10.8 Å². The van der Waals surface area contributed by atoms with Crippen LogP contribution in [0.1, 0.15) is 40.2 Å². The number of amides is 1. The van der Waals surface area contributed by atoms with Crippen molar-refractivity contribution in [2.24, 2.45) is 0 Å². The molecule has 1 unspecified atom stereocenters. The standard InChI is InChI=1S/C21H28N4O3S/c1-15-19(16(2)28-23-15)14-29-20-18(6-3-7-22-20)21(26)25-10-8-24(9-11-25)13-17-5-4-12-27-17/h3,6-7,17H,4-5,8-14H2,1-2H3. The summed E-state index contributed by atoms with van der Waals surface area (Å²) in [5.74, 6) is 1.57. The van der Waals surface area contributed by atoms with E-state index in [9.17, 15) is 4.79 Å². The Morgan fingerprint density at radius 2 is 2.10 bits per heavy atom. The van der Waals surface area contributed by atoms with Crippen LogP contribution >= 0.6 is 11.8 Å². The molecule has 2 aliphatic heterocycles. The SMILES string of the molecule is Cc1noc(C)c1CSc1ncccc1C(=O)N1CCN(CC2CCCO2)CC1. The van der Waals surface area contributed by atoms with Crippen LogP contribution in [0.3, 0.4) is 0 Å². The number of carbonyl (C=O) groups is 1. The topological polar surface area (TPSA) is 71.7 Å². The van der Waals surface area contributed by atoms with Crippen LogP contribution in [0.25, 0.3) is 0 Å². The van der Waals surface area contributed by atoms with E-state index in [-0.39, 0.29) is 5.91 Å². The van der Waals surface area contributed by atoms with E-state index in [0.29, 0.717) is 17.4 Å². The van der Waals surface area contributed by atoms with E-state index in [4.69, 9.17) is 9.26 Å². The quantitative estimate of drug-likeness (QED) is 0.671. The van der Waals surface area contributed by atoms with Crippen LogP contribution in [0.4, 0.5) is 0 Å². The van der Waals surface area contributed by atoms with Gasteiger partial charge in [-0.05, 0) is 38.8 Å². The van der Waals surface area contributed by atoms with Crippen LogP contribution in [-0.2, 0) is 10.5 Å². The van der Waals surface area contributed by atoms with E-state index in [2.05, 4.69) is 15.0 Å². The molecule has 29 heavy (non-hydrogen) atoms. The first kappa shape index (κ1) is 20.4. The number of nitrogens with zero attached hydrogens (tertiary/aromatic N) is 4. The molecule has 0 aliphatic carbocycles. The van der Waals surface area contributed by atoms with E-state index < -0.39 is 0 Å². The van der Waals surface area contributed by atoms with Crippen molar-refractivity contribution in [3.05, 3.63) is 40.9 Å². The number of rotatable bonds is 6. The van der Waals surface area contributed by atoms with Crippen molar-refractivity contribution in [1.82, 2.24) is 19.9 Å². The Hall–Kier alpha value is -1.90.